The first-order chi connectivity index (χ1) is 14.7. The minimum atomic E-state index is -0.924. The molecule has 1 aliphatic rings. The van der Waals surface area contributed by atoms with Gasteiger partial charge in [0, 0.05) is 18.7 Å². The van der Waals surface area contributed by atoms with Crippen molar-refractivity contribution in [3.8, 4) is 0 Å². The van der Waals surface area contributed by atoms with Gasteiger partial charge in [-0.1, -0.05) is 88.6 Å². The summed E-state index contributed by atoms with van der Waals surface area (Å²) in [5.41, 5.74) is 0.694. The Morgan fingerprint density at radius 2 is 1.67 bits per heavy atom. The van der Waals surface area contributed by atoms with E-state index < -0.39 is 18.4 Å². The van der Waals surface area contributed by atoms with Crippen LogP contribution in [-0.2, 0) is 23.9 Å². The van der Waals surface area contributed by atoms with Crippen molar-refractivity contribution in [1.82, 2.24) is 5.06 Å². The van der Waals surface area contributed by atoms with Gasteiger partial charge < -0.3 is 14.3 Å². The van der Waals surface area contributed by atoms with E-state index in [1.54, 1.807) is 5.06 Å². The highest BCUT2D eigenvalue weighted by atomic mass is 16.7. The number of benzene rings is 1. The number of unbranched alkanes of at least 4 members (excludes halogenated alkanes) is 6. The van der Waals surface area contributed by atoms with Crippen molar-refractivity contribution in [2.24, 2.45) is 0 Å². The van der Waals surface area contributed by atoms with Gasteiger partial charge in [-0.15, -0.1) is 5.06 Å². The van der Waals surface area contributed by atoms with Crippen molar-refractivity contribution >= 4 is 12.4 Å². The van der Waals surface area contributed by atoms with Gasteiger partial charge in [0.05, 0.1) is 0 Å². The van der Waals surface area contributed by atoms with Crippen LogP contribution in [0.15, 0.2) is 30.3 Å². The summed E-state index contributed by atoms with van der Waals surface area (Å²) >= 11 is 0. The first-order valence-corrected chi connectivity index (χ1v) is 11.5. The van der Waals surface area contributed by atoms with E-state index in [0.717, 1.165) is 51.6 Å². The molecular formula is C24H37NO5. The Bertz CT molecular complexity index is 589. The molecule has 0 bridgehead atoms. The third-order valence-electron chi connectivity index (χ3n) is 5.41. The quantitative estimate of drug-likeness (QED) is 0.218. The monoisotopic (exact) mass is 419 g/mol. The van der Waals surface area contributed by atoms with Gasteiger partial charge >= 0.3 is 5.97 Å². The number of nitrogens with zero attached hydrogens (tertiary/aromatic N) is 1. The summed E-state index contributed by atoms with van der Waals surface area (Å²) in [6.07, 6.45) is 10.1. The zero-order chi connectivity index (χ0) is 21.4. The van der Waals surface area contributed by atoms with Gasteiger partial charge in [0.25, 0.3) is 6.47 Å². The number of hydroxylamine groups is 2. The van der Waals surface area contributed by atoms with E-state index in [1.807, 2.05) is 30.3 Å². The Labute approximate surface area is 180 Å². The zero-order valence-corrected chi connectivity index (χ0v) is 18.3. The predicted molar refractivity (Wildman–Crippen MR) is 115 cm³/mol. The summed E-state index contributed by atoms with van der Waals surface area (Å²) in [5.74, 6) is -0.404. The fourth-order valence-corrected chi connectivity index (χ4v) is 3.67. The third-order valence-corrected chi connectivity index (χ3v) is 5.41. The number of hydrogen-bond acceptors (Lipinski definition) is 6. The molecule has 1 aromatic carbocycles. The lowest BCUT2D eigenvalue weighted by atomic mass is 10.1. The third kappa shape index (κ3) is 9.26. The smallest absolute Gasteiger partial charge is 0.354 e. The Balaban J connectivity index is 1.93. The van der Waals surface area contributed by atoms with Crippen LogP contribution in [0.1, 0.15) is 89.4 Å². The summed E-state index contributed by atoms with van der Waals surface area (Å²) in [6, 6.07) is 9.19. The van der Waals surface area contributed by atoms with E-state index in [-0.39, 0.29) is 0 Å². The fourth-order valence-electron chi connectivity index (χ4n) is 3.67. The average molecular weight is 420 g/mol. The minimum absolute atomic E-state index is 0.360. The van der Waals surface area contributed by atoms with Crippen LogP contribution >= 0.6 is 0 Å². The summed E-state index contributed by atoms with van der Waals surface area (Å²) in [7, 11) is 0. The normalized spacial score (nSPS) is 16.6. The number of ether oxygens (including phenoxy) is 2. The van der Waals surface area contributed by atoms with Gasteiger partial charge in [0.2, 0.25) is 6.29 Å². The fraction of sp³-hybridized carbons (Fsp3) is 0.667. The molecule has 30 heavy (non-hydrogen) atoms. The van der Waals surface area contributed by atoms with E-state index >= 15 is 0 Å². The lowest BCUT2D eigenvalue weighted by Crippen LogP contribution is -2.38. The Morgan fingerprint density at radius 3 is 2.33 bits per heavy atom. The highest BCUT2D eigenvalue weighted by molar-refractivity contribution is 5.74. The van der Waals surface area contributed by atoms with Crippen LogP contribution in [0, 0.1) is 0 Å². The number of rotatable bonds is 15. The summed E-state index contributed by atoms with van der Waals surface area (Å²) < 4.78 is 11.1. The first-order valence-electron chi connectivity index (χ1n) is 11.5. The van der Waals surface area contributed by atoms with Crippen LogP contribution in [0.3, 0.4) is 0 Å². The number of carbonyl (C=O) groups is 2. The Morgan fingerprint density at radius 1 is 1.00 bits per heavy atom. The summed E-state index contributed by atoms with van der Waals surface area (Å²) in [5, 5.41) is 1.73. The maximum absolute atomic E-state index is 12.9. The molecule has 2 atom stereocenters. The van der Waals surface area contributed by atoms with Crippen LogP contribution in [0.2, 0.25) is 0 Å². The van der Waals surface area contributed by atoms with Crippen LogP contribution in [0.4, 0.5) is 0 Å². The molecule has 1 saturated heterocycles. The van der Waals surface area contributed by atoms with Crippen molar-refractivity contribution in [2.45, 2.75) is 89.9 Å². The van der Waals surface area contributed by atoms with Crippen LogP contribution < -0.4 is 0 Å². The molecule has 0 radical (unpaired) electrons. The molecule has 6 nitrogen and oxygen atoms in total. The molecule has 0 spiro atoms. The SMILES string of the molecule is CCCCCCCCCC(OC(OC=O)c1ccccc1)C(=O)ON1CCCCC1. The molecule has 1 aromatic rings. The van der Waals surface area contributed by atoms with Gasteiger partial charge in [0.1, 0.15) is 0 Å². The molecule has 1 fully saturated rings. The molecule has 2 rings (SSSR count). The molecule has 0 saturated carbocycles. The second-order valence-corrected chi connectivity index (χ2v) is 7.91. The first kappa shape index (κ1) is 24.4. The molecule has 1 aliphatic heterocycles. The van der Waals surface area contributed by atoms with Crippen molar-refractivity contribution in [1.29, 1.82) is 0 Å². The van der Waals surface area contributed by atoms with Crippen LogP contribution in [0.25, 0.3) is 0 Å². The molecule has 6 heteroatoms. The van der Waals surface area contributed by atoms with E-state index in [0.29, 0.717) is 18.5 Å². The maximum Gasteiger partial charge on any atom is 0.354 e. The Kier molecular flexibility index (Phi) is 12.1. The number of piperidine rings is 1. The molecule has 0 aliphatic carbocycles. The second-order valence-electron chi connectivity index (χ2n) is 7.91. The van der Waals surface area contributed by atoms with Crippen molar-refractivity contribution < 1.29 is 23.9 Å². The average Bonchev–Trinajstić information content (AvgIpc) is 2.78. The van der Waals surface area contributed by atoms with Gasteiger partial charge in [-0.3, -0.25) is 4.79 Å². The van der Waals surface area contributed by atoms with Crippen molar-refractivity contribution in [3.05, 3.63) is 35.9 Å². The summed E-state index contributed by atoms with van der Waals surface area (Å²) in [6.45, 7) is 4.07. The maximum atomic E-state index is 12.9. The van der Waals surface area contributed by atoms with E-state index in [2.05, 4.69) is 6.92 Å². The van der Waals surface area contributed by atoms with Crippen molar-refractivity contribution in [2.75, 3.05) is 13.1 Å². The van der Waals surface area contributed by atoms with Crippen LogP contribution in [0.5, 0.6) is 0 Å². The molecule has 2 unspecified atom stereocenters. The Hall–Kier alpha value is -1.92. The van der Waals surface area contributed by atoms with Gasteiger partial charge in [-0.25, -0.2) is 4.79 Å². The highest BCUT2D eigenvalue weighted by Crippen LogP contribution is 2.23. The second kappa shape index (κ2) is 15.0. The highest BCUT2D eigenvalue weighted by Gasteiger charge is 2.29. The molecule has 1 heterocycles. The van der Waals surface area contributed by atoms with E-state index in [1.165, 1.54) is 25.7 Å². The van der Waals surface area contributed by atoms with Gasteiger partial charge in [-0.05, 0) is 19.3 Å². The molecule has 0 N–H and O–H groups in total. The van der Waals surface area contributed by atoms with E-state index in [9.17, 15) is 9.59 Å². The minimum Gasteiger partial charge on any atom is -0.433 e. The summed E-state index contributed by atoms with van der Waals surface area (Å²) in [4.78, 5) is 29.5. The van der Waals surface area contributed by atoms with Crippen molar-refractivity contribution in [3.63, 3.8) is 0 Å². The lowest BCUT2D eigenvalue weighted by Gasteiger charge is -2.28. The van der Waals surface area contributed by atoms with E-state index in [4.69, 9.17) is 14.3 Å². The number of carbonyl (C=O) groups excluding carboxylic acids is 2. The topological polar surface area (TPSA) is 65.1 Å². The zero-order valence-electron chi connectivity index (χ0n) is 18.3. The van der Waals surface area contributed by atoms with Crippen LogP contribution in [-0.4, -0.2) is 36.7 Å². The predicted octanol–water partition coefficient (Wildman–Crippen LogP) is 5.33. The molecule has 0 amide bonds. The number of hydrogen-bond donors (Lipinski definition) is 0. The molecule has 168 valence electrons. The lowest BCUT2D eigenvalue weighted by molar-refractivity contribution is -0.224. The largest absolute Gasteiger partial charge is 0.433 e. The van der Waals surface area contributed by atoms with Gasteiger partial charge in [0.15, 0.2) is 6.10 Å². The molecular weight excluding hydrogens is 382 g/mol. The molecule has 0 aromatic heterocycles. The van der Waals surface area contributed by atoms with Gasteiger partial charge in [-0.2, -0.15) is 0 Å². The standard InChI is InChI=1S/C24H37NO5/c1-2-3-4-5-6-7-12-17-22(23(27)30-25-18-13-9-14-19-25)29-24(28-20-26)21-15-10-8-11-16-21/h8,10-11,15-16,20,22,24H,2-7,9,12-14,17-19H2,1H3.